The van der Waals surface area contributed by atoms with Gasteiger partial charge in [-0.1, -0.05) is 36.7 Å². The molecule has 0 bridgehead atoms. The molecular formula is C25H26Br3N3O5. The van der Waals surface area contributed by atoms with Crippen molar-refractivity contribution in [2.45, 2.75) is 46.1 Å². The average Bonchev–Trinajstić information content (AvgIpc) is 2.82. The molecule has 0 saturated carbocycles. The summed E-state index contributed by atoms with van der Waals surface area (Å²) >= 11 is 10.5. The fraction of sp³-hybridized carbons (Fsp3) is 0.360. The third-order valence-electron chi connectivity index (χ3n) is 5.07. The van der Waals surface area contributed by atoms with Gasteiger partial charge in [-0.15, -0.1) is 0 Å². The molecule has 0 unspecified atom stereocenters. The quantitative estimate of drug-likeness (QED) is 0.217. The van der Waals surface area contributed by atoms with Gasteiger partial charge in [0.1, 0.15) is 5.82 Å². The minimum absolute atomic E-state index is 0.283. The van der Waals surface area contributed by atoms with Crippen LogP contribution < -0.4 is 15.0 Å². The van der Waals surface area contributed by atoms with Crippen molar-refractivity contribution in [2.75, 3.05) is 13.7 Å². The molecule has 36 heavy (non-hydrogen) atoms. The smallest absolute Gasteiger partial charge is 0.346 e. The van der Waals surface area contributed by atoms with E-state index in [2.05, 4.69) is 52.9 Å². The van der Waals surface area contributed by atoms with Crippen LogP contribution in [0.15, 0.2) is 47.6 Å². The van der Waals surface area contributed by atoms with Crippen LogP contribution in [0.25, 0.3) is 10.9 Å². The van der Waals surface area contributed by atoms with Crippen molar-refractivity contribution in [1.29, 1.82) is 0 Å². The van der Waals surface area contributed by atoms with Gasteiger partial charge in [0.25, 0.3) is 5.56 Å². The van der Waals surface area contributed by atoms with Gasteiger partial charge in [0.15, 0.2) is 17.6 Å². The number of carbonyl (C=O) groups is 1. The number of esters is 1. The van der Waals surface area contributed by atoms with Crippen molar-refractivity contribution < 1.29 is 19.0 Å². The Morgan fingerprint density at radius 3 is 2.50 bits per heavy atom. The molecule has 3 rings (SSSR count). The van der Waals surface area contributed by atoms with Gasteiger partial charge in [-0.25, -0.2) is 9.78 Å². The van der Waals surface area contributed by atoms with E-state index in [1.807, 2.05) is 33.8 Å². The predicted molar refractivity (Wildman–Crippen MR) is 151 cm³/mol. The molecule has 2 aromatic carbocycles. The van der Waals surface area contributed by atoms with E-state index in [9.17, 15) is 9.59 Å². The molecule has 1 heterocycles. The molecule has 0 spiro atoms. The molecule has 1 aromatic heterocycles. The number of aromatic nitrogens is 2. The second-order valence-corrected chi connectivity index (χ2v) is 11.3. The summed E-state index contributed by atoms with van der Waals surface area (Å²) in [5.41, 5.74) is 0.482. The lowest BCUT2D eigenvalue weighted by Gasteiger charge is -2.21. The molecule has 0 aliphatic heterocycles. The van der Waals surface area contributed by atoms with Gasteiger partial charge in [-0.3, -0.25) is 4.79 Å². The largest absolute Gasteiger partial charge is 0.490 e. The van der Waals surface area contributed by atoms with E-state index in [-0.39, 0.29) is 5.56 Å². The van der Waals surface area contributed by atoms with E-state index >= 15 is 0 Å². The zero-order valence-corrected chi connectivity index (χ0v) is 25.4. The lowest BCUT2D eigenvalue weighted by Crippen LogP contribution is -2.29. The Kier molecular flexibility index (Phi) is 9.00. The summed E-state index contributed by atoms with van der Waals surface area (Å²) in [5, 5.41) is 4.99. The summed E-state index contributed by atoms with van der Waals surface area (Å²) in [7, 11) is 1.30. The number of nitrogens with zero attached hydrogens (tertiary/aromatic N) is 3. The first-order valence-electron chi connectivity index (χ1n) is 11.1. The SMILES string of the molecule is CCOc1cc(C=Nn2c(C(C)(C)C)nc3ccc(Br)cc3c2=O)c(Br)c(Br)c1O[C@H](C)C(=O)OC. The number of benzene rings is 2. The number of carbonyl (C=O) groups excluding carboxylic acids is 1. The number of methoxy groups -OCH3 is 1. The third kappa shape index (κ3) is 6.00. The van der Waals surface area contributed by atoms with Crippen LogP contribution in [-0.2, 0) is 14.9 Å². The number of halogens is 3. The van der Waals surface area contributed by atoms with Crippen LogP contribution in [0.5, 0.6) is 11.5 Å². The van der Waals surface area contributed by atoms with Gasteiger partial charge < -0.3 is 14.2 Å². The van der Waals surface area contributed by atoms with E-state index in [0.717, 1.165) is 4.47 Å². The summed E-state index contributed by atoms with van der Waals surface area (Å²) < 4.78 is 19.6. The van der Waals surface area contributed by atoms with Crippen molar-refractivity contribution in [2.24, 2.45) is 5.10 Å². The molecule has 0 aliphatic rings. The maximum absolute atomic E-state index is 13.4. The van der Waals surface area contributed by atoms with E-state index in [1.54, 1.807) is 31.3 Å². The Hall–Kier alpha value is -2.24. The number of hydrogen-bond donors (Lipinski definition) is 0. The van der Waals surface area contributed by atoms with Crippen LogP contribution in [0.3, 0.4) is 0 Å². The normalized spacial score (nSPS) is 12.7. The van der Waals surface area contributed by atoms with Crippen molar-refractivity contribution in [1.82, 2.24) is 9.66 Å². The Balaban J connectivity index is 2.17. The molecule has 192 valence electrons. The summed E-state index contributed by atoms with van der Waals surface area (Å²) in [6.07, 6.45) is 0.695. The zero-order valence-electron chi connectivity index (χ0n) is 20.7. The maximum atomic E-state index is 13.4. The highest BCUT2D eigenvalue weighted by atomic mass is 79.9. The monoisotopic (exact) mass is 685 g/mol. The van der Waals surface area contributed by atoms with Crippen LogP contribution in [0.4, 0.5) is 0 Å². The van der Waals surface area contributed by atoms with Gasteiger partial charge in [0.2, 0.25) is 0 Å². The van der Waals surface area contributed by atoms with Gasteiger partial charge in [-0.05, 0) is 70.0 Å². The highest BCUT2D eigenvalue weighted by molar-refractivity contribution is 9.13. The number of ether oxygens (including phenoxy) is 3. The summed E-state index contributed by atoms with van der Waals surface area (Å²) in [6.45, 7) is 9.71. The predicted octanol–water partition coefficient (Wildman–Crippen LogP) is 6.20. The standard InChI is InChI=1S/C25H26Br3N3O5/c1-7-35-18-10-14(19(27)20(28)21(18)36-13(2)23(33)34-6)12-29-31-22(32)16-11-15(26)8-9-17(16)30-24(31)25(3,4)5/h8-13H,7H2,1-6H3/t13-/m1/s1. The van der Waals surface area contributed by atoms with Crippen LogP contribution in [-0.4, -0.2) is 41.7 Å². The Morgan fingerprint density at radius 2 is 1.89 bits per heavy atom. The van der Waals surface area contributed by atoms with Gasteiger partial charge in [0.05, 0.1) is 35.3 Å². The van der Waals surface area contributed by atoms with E-state index in [1.165, 1.54) is 11.8 Å². The highest BCUT2D eigenvalue weighted by Gasteiger charge is 2.24. The first-order valence-corrected chi connectivity index (χ1v) is 13.4. The summed E-state index contributed by atoms with van der Waals surface area (Å²) in [4.78, 5) is 30.1. The molecule has 8 nitrogen and oxygen atoms in total. The fourth-order valence-electron chi connectivity index (χ4n) is 3.32. The molecule has 3 aromatic rings. The minimum Gasteiger partial charge on any atom is -0.490 e. The van der Waals surface area contributed by atoms with Gasteiger partial charge >= 0.3 is 5.97 Å². The van der Waals surface area contributed by atoms with E-state index in [0.29, 0.717) is 49.3 Å². The molecule has 1 atom stereocenters. The van der Waals surface area contributed by atoms with Crippen LogP contribution in [0.1, 0.15) is 46.0 Å². The van der Waals surface area contributed by atoms with Crippen molar-refractivity contribution in [3.05, 3.63) is 59.4 Å². The van der Waals surface area contributed by atoms with E-state index in [4.69, 9.17) is 19.2 Å². The fourth-order valence-corrected chi connectivity index (χ4v) is 4.60. The number of rotatable bonds is 7. The average molecular weight is 688 g/mol. The second-order valence-electron chi connectivity index (χ2n) is 8.85. The second kappa shape index (κ2) is 11.4. The molecule has 0 radical (unpaired) electrons. The Labute approximate surface area is 234 Å². The van der Waals surface area contributed by atoms with Gasteiger partial charge in [0, 0.05) is 19.9 Å². The molecule has 0 amide bonds. The van der Waals surface area contributed by atoms with Crippen LogP contribution in [0.2, 0.25) is 0 Å². The van der Waals surface area contributed by atoms with Crippen molar-refractivity contribution >= 4 is 70.9 Å². The minimum atomic E-state index is -0.854. The molecule has 0 aliphatic carbocycles. The van der Waals surface area contributed by atoms with Crippen molar-refractivity contribution in [3.63, 3.8) is 0 Å². The zero-order chi connectivity index (χ0) is 26.8. The summed E-state index contributed by atoms with van der Waals surface area (Å²) in [5.74, 6) is 0.735. The highest BCUT2D eigenvalue weighted by Crippen LogP contribution is 2.43. The topological polar surface area (TPSA) is 92.0 Å². The number of hydrogen-bond acceptors (Lipinski definition) is 7. The van der Waals surface area contributed by atoms with Crippen LogP contribution in [0, 0.1) is 0 Å². The molecule has 11 heteroatoms. The van der Waals surface area contributed by atoms with Gasteiger partial charge in [-0.2, -0.15) is 9.78 Å². The van der Waals surface area contributed by atoms with Crippen molar-refractivity contribution in [3.8, 4) is 11.5 Å². The molecule has 0 N–H and O–H groups in total. The van der Waals surface area contributed by atoms with Crippen LogP contribution >= 0.6 is 47.8 Å². The first-order chi connectivity index (χ1) is 16.9. The Bertz CT molecular complexity index is 1400. The Morgan fingerprint density at radius 1 is 1.19 bits per heavy atom. The maximum Gasteiger partial charge on any atom is 0.346 e. The summed E-state index contributed by atoms with van der Waals surface area (Å²) in [6, 6.07) is 7.11. The number of fused-ring (bicyclic) bond motifs is 1. The lowest BCUT2D eigenvalue weighted by molar-refractivity contribution is -0.148. The molecule has 0 fully saturated rings. The molecule has 0 saturated heterocycles. The van der Waals surface area contributed by atoms with E-state index < -0.39 is 17.5 Å². The first kappa shape index (κ1) is 28.3. The lowest BCUT2D eigenvalue weighted by atomic mass is 9.95. The third-order valence-corrected chi connectivity index (χ3v) is 7.71. The molecular weight excluding hydrogens is 662 g/mol.